The van der Waals surface area contributed by atoms with Crippen LogP contribution in [0.3, 0.4) is 0 Å². The van der Waals surface area contributed by atoms with E-state index in [0.29, 0.717) is 50.9 Å². The van der Waals surface area contributed by atoms with Crippen LogP contribution in [0.25, 0.3) is 0 Å². The van der Waals surface area contributed by atoms with Gasteiger partial charge in [0.25, 0.3) is 10.2 Å². The molecular formula is C13H24N2O3S. The van der Waals surface area contributed by atoms with E-state index in [1.54, 1.807) is 8.61 Å². The summed E-state index contributed by atoms with van der Waals surface area (Å²) in [5.74, 6) is 0.878. The fourth-order valence-electron chi connectivity index (χ4n) is 3.20. The largest absolute Gasteiger partial charge is 0.303 e. The second-order valence-electron chi connectivity index (χ2n) is 6.14. The number of hydrogen-bond acceptors (Lipinski definition) is 3. The number of rotatable bonds is 3. The van der Waals surface area contributed by atoms with Crippen molar-refractivity contribution in [2.24, 2.45) is 17.8 Å². The van der Waals surface area contributed by atoms with Crippen molar-refractivity contribution in [3.63, 3.8) is 0 Å². The van der Waals surface area contributed by atoms with Crippen molar-refractivity contribution in [2.45, 2.75) is 33.1 Å². The van der Waals surface area contributed by atoms with E-state index >= 15 is 0 Å². The summed E-state index contributed by atoms with van der Waals surface area (Å²) >= 11 is 0. The summed E-state index contributed by atoms with van der Waals surface area (Å²) in [4.78, 5) is 10.7. The Labute approximate surface area is 116 Å². The van der Waals surface area contributed by atoms with Gasteiger partial charge in [0, 0.05) is 32.1 Å². The molecule has 0 radical (unpaired) electrons. The summed E-state index contributed by atoms with van der Waals surface area (Å²) in [6.45, 7) is 6.42. The van der Waals surface area contributed by atoms with Crippen LogP contribution in [-0.2, 0) is 15.0 Å². The maximum Gasteiger partial charge on any atom is 0.281 e. The molecule has 110 valence electrons. The van der Waals surface area contributed by atoms with Crippen LogP contribution < -0.4 is 0 Å². The van der Waals surface area contributed by atoms with Gasteiger partial charge in [0.2, 0.25) is 0 Å². The molecule has 2 aliphatic rings. The number of piperidine rings is 2. The van der Waals surface area contributed by atoms with Crippen LogP contribution in [0.5, 0.6) is 0 Å². The topological polar surface area (TPSA) is 57.7 Å². The van der Waals surface area contributed by atoms with Gasteiger partial charge in [-0.1, -0.05) is 13.8 Å². The summed E-state index contributed by atoms with van der Waals surface area (Å²) in [6, 6.07) is 0. The maximum absolute atomic E-state index is 12.6. The molecule has 19 heavy (non-hydrogen) atoms. The molecule has 2 atom stereocenters. The predicted molar refractivity (Wildman–Crippen MR) is 73.8 cm³/mol. The number of nitrogens with zero attached hydrogens (tertiary/aromatic N) is 2. The van der Waals surface area contributed by atoms with E-state index in [1.807, 2.05) is 0 Å². The van der Waals surface area contributed by atoms with Crippen molar-refractivity contribution in [1.29, 1.82) is 0 Å². The Kier molecular flexibility index (Phi) is 4.63. The summed E-state index contributed by atoms with van der Waals surface area (Å²) in [5.41, 5.74) is 0. The highest BCUT2D eigenvalue weighted by molar-refractivity contribution is 7.86. The van der Waals surface area contributed by atoms with E-state index in [-0.39, 0.29) is 5.92 Å². The van der Waals surface area contributed by atoms with Gasteiger partial charge in [-0.2, -0.15) is 17.0 Å². The van der Waals surface area contributed by atoms with Gasteiger partial charge in [0.1, 0.15) is 6.29 Å². The van der Waals surface area contributed by atoms with Crippen molar-refractivity contribution >= 4 is 16.5 Å². The van der Waals surface area contributed by atoms with Gasteiger partial charge in [-0.05, 0) is 31.1 Å². The van der Waals surface area contributed by atoms with E-state index in [4.69, 9.17) is 0 Å². The quantitative estimate of drug-likeness (QED) is 0.731. The summed E-state index contributed by atoms with van der Waals surface area (Å²) in [6.07, 6.45) is 3.36. The zero-order chi connectivity index (χ0) is 14.0. The number of carbonyl (C=O) groups is 1. The van der Waals surface area contributed by atoms with Crippen LogP contribution in [0.4, 0.5) is 0 Å². The highest BCUT2D eigenvalue weighted by Gasteiger charge is 2.36. The molecular weight excluding hydrogens is 264 g/mol. The van der Waals surface area contributed by atoms with Crippen LogP contribution in [0.2, 0.25) is 0 Å². The van der Waals surface area contributed by atoms with Crippen molar-refractivity contribution < 1.29 is 13.2 Å². The summed E-state index contributed by atoms with van der Waals surface area (Å²) < 4.78 is 28.4. The Bertz CT molecular complexity index is 406. The molecule has 6 heteroatoms. The normalized spacial score (nSPS) is 32.3. The Morgan fingerprint density at radius 2 is 1.53 bits per heavy atom. The minimum Gasteiger partial charge on any atom is -0.303 e. The zero-order valence-electron chi connectivity index (χ0n) is 11.8. The Hall–Kier alpha value is -0.460. The fraction of sp³-hybridized carbons (Fsp3) is 0.923. The molecule has 2 unspecified atom stereocenters. The molecule has 0 aromatic heterocycles. The molecule has 0 aliphatic carbocycles. The third-order valence-corrected chi connectivity index (χ3v) is 6.15. The molecule has 5 nitrogen and oxygen atoms in total. The van der Waals surface area contributed by atoms with Crippen LogP contribution in [-0.4, -0.2) is 49.5 Å². The van der Waals surface area contributed by atoms with Gasteiger partial charge >= 0.3 is 0 Å². The molecule has 0 bridgehead atoms. The van der Waals surface area contributed by atoms with Crippen LogP contribution in [0, 0.1) is 17.8 Å². The lowest BCUT2D eigenvalue weighted by molar-refractivity contribution is -0.112. The lowest BCUT2D eigenvalue weighted by Crippen LogP contribution is -2.51. The van der Waals surface area contributed by atoms with E-state index < -0.39 is 10.2 Å². The zero-order valence-corrected chi connectivity index (χ0v) is 12.6. The molecule has 0 aromatic rings. The Balaban J connectivity index is 2.03. The second kappa shape index (κ2) is 5.89. The third-order valence-electron chi connectivity index (χ3n) is 4.18. The van der Waals surface area contributed by atoms with Crippen molar-refractivity contribution in [3.05, 3.63) is 0 Å². The molecule has 2 aliphatic heterocycles. The SMILES string of the molecule is CC1CC(C)CN(S(=O)(=O)N2CCC(C=O)CC2)C1. The standard InChI is InChI=1S/C13H24N2O3S/c1-11-7-12(2)9-15(8-11)19(17,18)14-5-3-13(10-16)4-6-14/h10-13H,3-9H2,1-2H3. The van der Waals surface area contributed by atoms with E-state index in [1.165, 1.54) is 0 Å². The van der Waals surface area contributed by atoms with Gasteiger partial charge in [0.05, 0.1) is 0 Å². The van der Waals surface area contributed by atoms with Crippen LogP contribution in [0.15, 0.2) is 0 Å². The van der Waals surface area contributed by atoms with Gasteiger partial charge in [0.15, 0.2) is 0 Å². The lowest BCUT2D eigenvalue weighted by atomic mass is 9.94. The minimum atomic E-state index is -3.33. The molecule has 2 rings (SSSR count). The van der Waals surface area contributed by atoms with Crippen molar-refractivity contribution in [2.75, 3.05) is 26.2 Å². The van der Waals surface area contributed by atoms with Crippen LogP contribution >= 0.6 is 0 Å². The molecule has 2 saturated heterocycles. The smallest absolute Gasteiger partial charge is 0.281 e. The molecule has 0 saturated carbocycles. The van der Waals surface area contributed by atoms with Gasteiger partial charge in [-0.25, -0.2) is 0 Å². The van der Waals surface area contributed by atoms with Crippen molar-refractivity contribution in [1.82, 2.24) is 8.61 Å². The van der Waals surface area contributed by atoms with Crippen molar-refractivity contribution in [3.8, 4) is 0 Å². The van der Waals surface area contributed by atoms with E-state index in [0.717, 1.165) is 12.7 Å². The number of carbonyl (C=O) groups excluding carboxylic acids is 1. The maximum atomic E-state index is 12.6. The molecule has 0 spiro atoms. The first-order valence-electron chi connectivity index (χ1n) is 7.14. The first kappa shape index (κ1) is 14.9. The number of aldehydes is 1. The second-order valence-corrected chi connectivity index (χ2v) is 8.07. The molecule has 2 heterocycles. The monoisotopic (exact) mass is 288 g/mol. The Morgan fingerprint density at radius 1 is 1.00 bits per heavy atom. The lowest BCUT2D eigenvalue weighted by Gasteiger charge is -2.38. The molecule has 0 amide bonds. The third kappa shape index (κ3) is 3.35. The summed E-state index contributed by atoms with van der Waals surface area (Å²) in [7, 11) is -3.33. The molecule has 0 N–H and O–H groups in total. The average Bonchev–Trinajstić information content (AvgIpc) is 2.37. The predicted octanol–water partition coefficient (Wildman–Crippen LogP) is 1.12. The van der Waals surface area contributed by atoms with Gasteiger partial charge in [-0.3, -0.25) is 0 Å². The highest BCUT2D eigenvalue weighted by Crippen LogP contribution is 2.26. The number of hydrogen-bond donors (Lipinski definition) is 0. The minimum absolute atomic E-state index is 0.0330. The highest BCUT2D eigenvalue weighted by atomic mass is 32.2. The first-order chi connectivity index (χ1) is 8.93. The van der Waals surface area contributed by atoms with Gasteiger partial charge < -0.3 is 4.79 Å². The van der Waals surface area contributed by atoms with E-state index in [9.17, 15) is 13.2 Å². The van der Waals surface area contributed by atoms with Gasteiger partial charge in [-0.15, -0.1) is 0 Å². The average molecular weight is 288 g/mol. The summed E-state index contributed by atoms with van der Waals surface area (Å²) in [5, 5.41) is 0. The fourth-order valence-corrected chi connectivity index (χ4v) is 5.08. The molecule has 2 fully saturated rings. The van der Waals surface area contributed by atoms with E-state index in [2.05, 4.69) is 13.8 Å². The first-order valence-corrected chi connectivity index (χ1v) is 8.53. The Morgan fingerprint density at radius 3 is 2.00 bits per heavy atom. The molecule has 0 aromatic carbocycles. The van der Waals surface area contributed by atoms with Crippen LogP contribution in [0.1, 0.15) is 33.1 Å².